The lowest BCUT2D eigenvalue weighted by atomic mass is 9.77. The Hall–Kier alpha value is -2.33. The molecule has 0 bridgehead atoms. The number of para-hydroxylation sites is 2. The molecular formula is C28H36O4. The van der Waals surface area contributed by atoms with Crippen LogP contribution in [-0.4, -0.2) is 18.9 Å². The summed E-state index contributed by atoms with van der Waals surface area (Å²) in [5, 5.41) is 0. The van der Waals surface area contributed by atoms with Crippen molar-refractivity contribution in [3.63, 3.8) is 0 Å². The van der Waals surface area contributed by atoms with Crippen molar-refractivity contribution in [3.8, 4) is 11.5 Å². The van der Waals surface area contributed by atoms with Crippen LogP contribution in [-0.2, 0) is 9.53 Å². The summed E-state index contributed by atoms with van der Waals surface area (Å²) in [6.45, 7) is 0.343. The van der Waals surface area contributed by atoms with Crippen LogP contribution in [0.15, 0.2) is 60.7 Å². The van der Waals surface area contributed by atoms with Gasteiger partial charge in [-0.05, 0) is 87.5 Å². The van der Waals surface area contributed by atoms with E-state index in [2.05, 4.69) is 0 Å². The summed E-state index contributed by atoms with van der Waals surface area (Å²) in [7, 11) is 0. The molecule has 4 rings (SSSR count). The quantitative estimate of drug-likeness (QED) is 0.247. The predicted octanol–water partition coefficient (Wildman–Crippen LogP) is 6.79. The first-order valence-corrected chi connectivity index (χ1v) is 12.3. The number of hydrogen-bond donors (Lipinski definition) is 0. The molecule has 2 aromatic carbocycles. The average molecular weight is 437 g/mol. The number of rotatable bonds is 9. The highest BCUT2D eigenvalue weighted by Gasteiger charge is 2.29. The molecule has 0 radical (unpaired) electrons. The average Bonchev–Trinajstić information content (AvgIpc) is 2.85. The van der Waals surface area contributed by atoms with Crippen molar-refractivity contribution in [2.75, 3.05) is 6.79 Å². The highest BCUT2D eigenvalue weighted by molar-refractivity contribution is 5.75. The number of carbonyl (C=O) groups excluding carboxylic acids is 1. The zero-order valence-electron chi connectivity index (χ0n) is 19.0. The van der Waals surface area contributed by atoms with Crippen molar-refractivity contribution in [1.82, 2.24) is 0 Å². The SMILES string of the molecule is O=C(Oc1ccccc1)C1CCC(CCC2CCC(OCOc3ccccc3)CC2)CC1. The van der Waals surface area contributed by atoms with E-state index in [4.69, 9.17) is 14.2 Å². The summed E-state index contributed by atoms with van der Waals surface area (Å²) in [6, 6.07) is 19.3. The zero-order valence-corrected chi connectivity index (χ0v) is 19.0. The third-order valence-corrected chi connectivity index (χ3v) is 7.19. The number of benzene rings is 2. The fourth-order valence-electron chi connectivity index (χ4n) is 5.15. The van der Waals surface area contributed by atoms with Gasteiger partial charge in [0.2, 0.25) is 0 Å². The first-order chi connectivity index (χ1) is 15.8. The molecule has 0 N–H and O–H groups in total. The van der Waals surface area contributed by atoms with Crippen molar-refractivity contribution in [2.45, 2.75) is 70.3 Å². The van der Waals surface area contributed by atoms with Crippen molar-refractivity contribution in [1.29, 1.82) is 0 Å². The van der Waals surface area contributed by atoms with Crippen molar-refractivity contribution in [2.24, 2.45) is 17.8 Å². The molecule has 4 heteroatoms. The molecule has 32 heavy (non-hydrogen) atoms. The van der Waals surface area contributed by atoms with E-state index in [0.717, 1.165) is 56.1 Å². The van der Waals surface area contributed by atoms with Gasteiger partial charge in [0.05, 0.1) is 12.0 Å². The molecule has 0 saturated heterocycles. The van der Waals surface area contributed by atoms with Gasteiger partial charge in [-0.2, -0.15) is 0 Å². The lowest BCUT2D eigenvalue weighted by Crippen LogP contribution is -2.26. The minimum atomic E-state index is -0.0517. The maximum Gasteiger partial charge on any atom is 0.314 e. The molecule has 0 spiro atoms. The smallest absolute Gasteiger partial charge is 0.314 e. The monoisotopic (exact) mass is 436 g/mol. The normalized spacial score (nSPS) is 25.8. The van der Waals surface area contributed by atoms with E-state index < -0.39 is 0 Å². The Labute approximate surface area is 192 Å². The van der Waals surface area contributed by atoms with Crippen LogP contribution in [0.3, 0.4) is 0 Å². The van der Waals surface area contributed by atoms with Crippen LogP contribution in [0, 0.1) is 17.8 Å². The molecular weight excluding hydrogens is 400 g/mol. The van der Waals surface area contributed by atoms with E-state index in [0.29, 0.717) is 18.6 Å². The maximum absolute atomic E-state index is 12.4. The third kappa shape index (κ3) is 7.09. The largest absolute Gasteiger partial charge is 0.468 e. The van der Waals surface area contributed by atoms with Gasteiger partial charge in [-0.25, -0.2) is 0 Å². The summed E-state index contributed by atoms with van der Waals surface area (Å²) >= 11 is 0. The van der Waals surface area contributed by atoms with Gasteiger partial charge in [0.25, 0.3) is 0 Å². The molecule has 2 fully saturated rings. The molecule has 0 aliphatic heterocycles. The lowest BCUT2D eigenvalue weighted by molar-refractivity contribution is -0.140. The Morgan fingerprint density at radius 1 is 0.688 bits per heavy atom. The van der Waals surface area contributed by atoms with Gasteiger partial charge in [0, 0.05) is 0 Å². The molecule has 2 aromatic rings. The van der Waals surface area contributed by atoms with Crippen molar-refractivity contribution in [3.05, 3.63) is 60.7 Å². The third-order valence-electron chi connectivity index (χ3n) is 7.19. The molecule has 0 atom stereocenters. The molecule has 172 valence electrons. The topological polar surface area (TPSA) is 44.8 Å². The standard InChI is InChI=1S/C28H36O4/c29-28(32-27-9-5-2-6-10-27)24-17-13-22(14-18-24)11-12-23-15-19-26(20-16-23)31-21-30-25-7-3-1-4-8-25/h1-10,22-24,26H,11-21H2. The van der Waals surface area contributed by atoms with E-state index >= 15 is 0 Å². The summed E-state index contributed by atoms with van der Waals surface area (Å²) in [6.07, 6.45) is 12.0. The van der Waals surface area contributed by atoms with Gasteiger partial charge in [0.1, 0.15) is 11.5 Å². The molecule has 2 saturated carbocycles. The van der Waals surface area contributed by atoms with Crippen LogP contribution in [0.4, 0.5) is 0 Å². The van der Waals surface area contributed by atoms with Crippen LogP contribution in [0.2, 0.25) is 0 Å². The second-order valence-electron chi connectivity index (χ2n) is 9.41. The van der Waals surface area contributed by atoms with Gasteiger partial charge in [-0.15, -0.1) is 0 Å². The summed E-state index contributed by atoms with van der Waals surface area (Å²) in [5.41, 5.74) is 0. The summed E-state index contributed by atoms with van der Waals surface area (Å²) in [4.78, 5) is 12.4. The fraction of sp³-hybridized carbons (Fsp3) is 0.536. The molecule has 4 nitrogen and oxygen atoms in total. The molecule has 0 aromatic heterocycles. The Balaban J connectivity index is 1.07. The van der Waals surface area contributed by atoms with Crippen molar-refractivity contribution < 1.29 is 19.0 Å². The van der Waals surface area contributed by atoms with Crippen LogP contribution in [0.5, 0.6) is 11.5 Å². The molecule has 2 aliphatic rings. The minimum Gasteiger partial charge on any atom is -0.468 e. The fourth-order valence-corrected chi connectivity index (χ4v) is 5.15. The molecule has 0 amide bonds. The predicted molar refractivity (Wildman–Crippen MR) is 126 cm³/mol. The molecule has 0 unspecified atom stereocenters. The van der Waals surface area contributed by atoms with E-state index in [1.165, 1.54) is 25.7 Å². The van der Waals surface area contributed by atoms with Crippen LogP contribution in [0.25, 0.3) is 0 Å². The van der Waals surface area contributed by atoms with Gasteiger partial charge >= 0.3 is 5.97 Å². The molecule has 2 aliphatic carbocycles. The zero-order chi connectivity index (χ0) is 22.0. The number of carbonyl (C=O) groups is 1. The first kappa shape index (κ1) is 22.8. The van der Waals surface area contributed by atoms with Crippen LogP contribution < -0.4 is 9.47 Å². The summed E-state index contributed by atoms with van der Waals surface area (Å²) in [5.74, 6) is 3.13. The van der Waals surface area contributed by atoms with Crippen LogP contribution in [0.1, 0.15) is 64.2 Å². The first-order valence-electron chi connectivity index (χ1n) is 12.3. The second-order valence-corrected chi connectivity index (χ2v) is 9.41. The Bertz CT molecular complexity index is 791. The van der Waals surface area contributed by atoms with E-state index in [9.17, 15) is 4.79 Å². The van der Waals surface area contributed by atoms with Crippen molar-refractivity contribution >= 4 is 5.97 Å². The number of esters is 1. The van der Waals surface area contributed by atoms with Gasteiger partial charge < -0.3 is 14.2 Å². The van der Waals surface area contributed by atoms with Gasteiger partial charge in [-0.1, -0.05) is 49.2 Å². The van der Waals surface area contributed by atoms with E-state index in [1.54, 1.807) is 0 Å². The highest BCUT2D eigenvalue weighted by atomic mass is 16.7. The molecule has 0 heterocycles. The van der Waals surface area contributed by atoms with Gasteiger partial charge in [-0.3, -0.25) is 4.79 Å². The lowest BCUT2D eigenvalue weighted by Gasteiger charge is -2.31. The van der Waals surface area contributed by atoms with Crippen LogP contribution >= 0.6 is 0 Å². The minimum absolute atomic E-state index is 0.0517. The highest BCUT2D eigenvalue weighted by Crippen LogP contribution is 2.36. The number of hydrogen-bond acceptors (Lipinski definition) is 4. The second kappa shape index (κ2) is 12.1. The maximum atomic E-state index is 12.4. The number of ether oxygens (including phenoxy) is 3. The van der Waals surface area contributed by atoms with E-state index in [1.807, 2.05) is 60.7 Å². The Kier molecular flexibility index (Phi) is 8.61. The van der Waals surface area contributed by atoms with E-state index in [-0.39, 0.29) is 11.9 Å². The Morgan fingerprint density at radius 2 is 1.22 bits per heavy atom. The Morgan fingerprint density at radius 3 is 1.81 bits per heavy atom. The van der Waals surface area contributed by atoms with Gasteiger partial charge in [0.15, 0.2) is 6.79 Å². The summed E-state index contributed by atoms with van der Waals surface area (Å²) < 4.78 is 17.2.